The second kappa shape index (κ2) is 15.0. The van der Waals surface area contributed by atoms with E-state index in [4.69, 9.17) is 4.98 Å². The van der Waals surface area contributed by atoms with Gasteiger partial charge in [-0.2, -0.15) is 18.3 Å². The van der Waals surface area contributed by atoms with Crippen LogP contribution in [0, 0.1) is 5.92 Å². The molecule has 4 heterocycles. The molecule has 1 aliphatic carbocycles. The van der Waals surface area contributed by atoms with Crippen molar-refractivity contribution in [3.05, 3.63) is 77.0 Å². The van der Waals surface area contributed by atoms with Gasteiger partial charge in [-0.15, -0.1) is 5.10 Å². The molecule has 7 rings (SSSR count). The number of imidazole rings is 1. The molecule has 0 unspecified atom stereocenters. The first-order valence-electron chi connectivity index (χ1n) is 17.5. The Bertz CT molecular complexity index is 1940. The third-order valence-electron chi connectivity index (χ3n) is 10.2. The van der Waals surface area contributed by atoms with Crippen molar-refractivity contribution in [3.63, 3.8) is 0 Å². The van der Waals surface area contributed by atoms with E-state index in [1.165, 1.54) is 17.0 Å². The smallest absolute Gasteiger partial charge is 0.396 e. The number of benzene rings is 2. The number of amides is 4. The lowest BCUT2D eigenvalue weighted by molar-refractivity contribution is -0.137. The zero-order chi connectivity index (χ0) is 36.4. The summed E-state index contributed by atoms with van der Waals surface area (Å²) in [7, 11) is 0. The molecule has 3 N–H and O–H groups in total. The number of urea groups is 1. The van der Waals surface area contributed by atoms with Crippen LogP contribution in [0.3, 0.4) is 0 Å². The summed E-state index contributed by atoms with van der Waals surface area (Å²) < 4.78 is 42.1. The van der Waals surface area contributed by atoms with Gasteiger partial charge in [-0.1, -0.05) is 12.1 Å². The van der Waals surface area contributed by atoms with Gasteiger partial charge in [-0.05, 0) is 79.6 Å². The summed E-state index contributed by atoms with van der Waals surface area (Å²) in [5.74, 6) is -0.0544. The van der Waals surface area contributed by atoms with Crippen LogP contribution in [0.4, 0.5) is 29.7 Å². The number of carbonyl (C=O) groups is 3. The summed E-state index contributed by atoms with van der Waals surface area (Å²) >= 11 is 0. The first kappa shape index (κ1) is 35.5. The number of halogens is 3. The van der Waals surface area contributed by atoms with Crippen molar-refractivity contribution < 1.29 is 32.7 Å². The van der Waals surface area contributed by atoms with Gasteiger partial charge in [0.25, 0.3) is 5.91 Å². The minimum Gasteiger partial charge on any atom is -0.396 e. The molecule has 2 aromatic heterocycles. The predicted molar refractivity (Wildman–Crippen MR) is 185 cm³/mol. The molecule has 2 saturated heterocycles. The van der Waals surface area contributed by atoms with Crippen LogP contribution in [0.1, 0.15) is 65.3 Å². The topological polar surface area (TPSA) is 149 Å². The van der Waals surface area contributed by atoms with Gasteiger partial charge < -0.3 is 9.67 Å². The predicted octanol–water partition coefficient (Wildman–Crippen LogP) is 4.59. The third kappa shape index (κ3) is 7.93. The summed E-state index contributed by atoms with van der Waals surface area (Å²) in [6, 6.07) is 13.5. The van der Waals surface area contributed by atoms with E-state index in [2.05, 4.69) is 36.7 Å². The van der Waals surface area contributed by atoms with E-state index in [1.807, 2.05) is 22.8 Å². The second-order valence-electron chi connectivity index (χ2n) is 13.7. The minimum atomic E-state index is -4.57. The molecule has 0 atom stereocenters. The fourth-order valence-electron chi connectivity index (χ4n) is 7.25. The number of piperazine rings is 1. The SMILES string of the molecule is O=C1CCN(c2ccc(CN3CCN(Cc4ccc5c(c4)nc(NC(=O)c4cccc(C(F)(F)F)c4)n5C4CCC(CO)CC4)CC3)nn2)C(=O)N1. The molecule has 2 aliphatic heterocycles. The van der Waals surface area contributed by atoms with Gasteiger partial charge in [0.2, 0.25) is 11.9 Å². The van der Waals surface area contributed by atoms with Crippen molar-refractivity contribution in [2.45, 2.75) is 57.4 Å². The van der Waals surface area contributed by atoms with Crippen LogP contribution in [-0.2, 0) is 24.1 Å². The molecular weight excluding hydrogens is 679 g/mol. The summed E-state index contributed by atoms with van der Waals surface area (Å²) in [5, 5.41) is 23.3. The van der Waals surface area contributed by atoms with Crippen LogP contribution in [-0.4, -0.2) is 91.8 Å². The number of anilines is 2. The van der Waals surface area contributed by atoms with Crippen LogP contribution >= 0.6 is 0 Å². The van der Waals surface area contributed by atoms with Crippen molar-refractivity contribution in [1.29, 1.82) is 0 Å². The van der Waals surface area contributed by atoms with Crippen LogP contribution in [0.15, 0.2) is 54.6 Å². The Morgan fingerprint density at radius 1 is 0.904 bits per heavy atom. The molecular formula is C36H40F3N9O4. The number of rotatable bonds is 9. The summed E-state index contributed by atoms with van der Waals surface area (Å²) in [4.78, 5) is 47.7. The van der Waals surface area contributed by atoms with Crippen LogP contribution in [0.5, 0.6) is 0 Å². The van der Waals surface area contributed by atoms with E-state index in [0.29, 0.717) is 30.4 Å². The largest absolute Gasteiger partial charge is 0.416 e. The molecule has 4 amide bonds. The van der Waals surface area contributed by atoms with Crippen molar-refractivity contribution in [2.75, 3.05) is 49.5 Å². The minimum absolute atomic E-state index is 0.0133. The van der Waals surface area contributed by atoms with E-state index < -0.39 is 23.7 Å². The number of aromatic nitrogens is 4. The van der Waals surface area contributed by atoms with Crippen molar-refractivity contribution in [1.82, 2.24) is 34.9 Å². The molecule has 13 nitrogen and oxygen atoms in total. The van der Waals surface area contributed by atoms with E-state index in [-0.39, 0.29) is 43.0 Å². The number of carbonyl (C=O) groups excluding carboxylic acids is 3. The van der Waals surface area contributed by atoms with Gasteiger partial charge in [0.15, 0.2) is 5.82 Å². The highest BCUT2D eigenvalue weighted by Crippen LogP contribution is 2.37. The van der Waals surface area contributed by atoms with Gasteiger partial charge >= 0.3 is 12.2 Å². The second-order valence-corrected chi connectivity index (χ2v) is 13.7. The van der Waals surface area contributed by atoms with Crippen molar-refractivity contribution in [2.24, 2.45) is 5.92 Å². The number of nitrogens with one attached hydrogen (secondary N) is 2. The summed E-state index contributed by atoms with van der Waals surface area (Å²) in [5.41, 5.74) is 2.36. The molecule has 2 aromatic carbocycles. The lowest BCUT2D eigenvalue weighted by Crippen LogP contribution is -2.50. The summed E-state index contributed by atoms with van der Waals surface area (Å²) in [6.45, 7) is 4.99. The number of nitrogens with zero attached hydrogens (tertiary/aromatic N) is 7. The van der Waals surface area contributed by atoms with E-state index >= 15 is 0 Å². The molecule has 274 valence electrons. The van der Waals surface area contributed by atoms with Crippen LogP contribution < -0.4 is 15.5 Å². The maximum absolute atomic E-state index is 13.4. The average Bonchev–Trinajstić information content (AvgIpc) is 3.49. The average molecular weight is 720 g/mol. The molecule has 0 bridgehead atoms. The Morgan fingerprint density at radius 2 is 1.65 bits per heavy atom. The normalized spacial score (nSPS) is 20.7. The first-order valence-corrected chi connectivity index (χ1v) is 17.5. The van der Waals surface area contributed by atoms with Gasteiger partial charge in [0.05, 0.1) is 22.3 Å². The Morgan fingerprint density at radius 3 is 2.33 bits per heavy atom. The molecule has 3 fully saturated rings. The lowest BCUT2D eigenvalue weighted by atomic mass is 9.86. The molecule has 1 saturated carbocycles. The Labute approximate surface area is 297 Å². The Kier molecular flexibility index (Phi) is 10.2. The highest BCUT2D eigenvalue weighted by Gasteiger charge is 2.32. The molecule has 16 heteroatoms. The Hall–Kier alpha value is -4.93. The molecule has 3 aliphatic rings. The molecule has 0 spiro atoms. The Balaban J connectivity index is 1.01. The van der Waals surface area contributed by atoms with Gasteiger partial charge in [0.1, 0.15) is 0 Å². The number of hydrogen-bond acceptors (Lipinski definition) is 9. The van der Waals surface area contributed by atoms with Gasteiger partial charge in [-0.25, -0.2) is 9.78 Å². The maximum atomic E-state index is 13.4. The number of hydrogen-bond donors (Lipinski definition) is 3. The van der Waals surface area contributed by atoms with Gasteiger partial charge in [-0.3, -0.25) is 34.9 Å². The number of imide groups is 1. The first-order chi connectivity index (χ1) is 25.0. The molecule has 0 radical (unpaired) electrons. The molecule has 52 heavy (non-hydrogen) atoms. The highest BCUT2D eigenvalue weighted by atomic mass is 19.4. The number of aliphatic hydroxyl groups is 1. The van der Waals surface area contributed by atoms with E-state index in [1.54, 1.807) is 6.07 Å². The van der Waals surface area contributed by atoms with Crippen LogP contribution in [0.2, 0.25) is 0 Å². The monoisotopic (exact) mass is 719 g/mol. The fraction of sp³-hybridized carbons (Fsp3) is 0.444. The van der Waals surface area contributed by atoms with E-state index in [9.17, 15) is 32.7 Å². The number of aliphatic hydroxyl groups excluding tert-OH is 1. The lowest BCUT2D eigenvalue weighted by Gasteiger charge is -2.34. The zero-order valence-electron chi connectivity index (χ0n) is 28.5. The van der Waals surface area contributed by atoms with Crippen molar-refractivity contribution >= 4 is 40.6 Å². The maximum Gasteiger partial charge on any atom is 0.416 e. The zero-order valence-corrected chi connectivity index (χ0v) is 28.5. The third-order valence-corrected chi connectivity index (χ3v) is 10.2. The fourth-order valence-corrected chi connectivity index (χ4v) is 7.25. The van der Waals surface area contributed by atoms with Crippen LogP contribution in [0.25, 0.3) is 11.0 Å². The quantitative estimate of drug-likeness (QED) is 0.226. The molecule has 4 aromatic rings. The summed E-state index contributed by atoms with van der Waals surface area (Å²) in [6.07, 6.45) is -1.15. The number of alkyl halides is 3. The van der Waals surface area contributed by atoms with Gasteiger partial charge in [0, 0.05) is 70.4 Å². The number of fused-ring (bicyclic) bond motifs is 1. The van der Waals surface area contributed by atoms with E-state index in [0.717, 1.165) is 80.8 Å². The highest BCUT2D eigenvalue weighted by molar-refractivity contribution is 6.05. The van der Waals surface area contributed by atoms with Crippen molar-refractivity contribution in [3.8, 4) is 0 Å². The standard InChI is InChI=1S/C36H40F3N9O4/c37-36(38,39)26-3-1-2-25(19-26)33(51)42-34-40-29-18-24(6-10-30(29)48(34)28-8-4-23(22-49)5-9-28)20-45-14-16-46(17-15-45)21-27-7-11-31(44-43-27)47-13-12-32(50)41-35(47)52/h1-3,6-7,10-11,18-19,23,28,49H,4-5,8-9,12-17,20-22H2,(H,40,42,51)(H,41,50,52).